The maximum Gasteiger partial charge on any atom is 0.328 e. The zero-order valence-electron chi connectivity index (χ0n) is 10.9. The monoisotopic (exact) mass is 322 g/mol. The van der Waals surface area contributed by atoms with Crippen LogP contribution in [0.25, 0.3) is 6.08 Å². The summed E-state index contributed by atoms with van der Waals surface area (Å²) in [6, 6.07) is 12.1. The third-order valence-corrected chi connectivity index (χ3v) is 3.96. The summed E-state index contributed by atoms with van der Waals surface area (Å²) in [6.45, 7) is 0. The Hall–Kier alpha value is -1.78. The molecule has 0 aliphatic heterocycles. The fourth-order valence-corrected chi connectivity index (χ4v) is 2.87. The number of rotatable bonds is 5. The second-order valence-electron chi connectivity index (χ2n) is 4.27. The number of benzene rings is 2. The van der Waals surface area contributed by atoms with Gasteiger partial charge in [-0.05, 0) is 41.5 Å². The van der Waals surface area contributed by atoms with Crippen LogP contribution in [0.15, 0.2) is 53.4 Å². The molecule has 21 heavy (non-hydrogen) atoms. The molecule has 108 valence electrons. The molecule has 0 bridgehead atoms. The highest BCUT2D eigenvalue weighted by Gasteiger charge is 2.04. The average Bonchev–Trinajstić information content (AvgIpc) is 2.44. The van der Waals surface area contributed by atoms with E-state index >= 15 is 0 Å². The van der Waals surface area contributed by atoms with Crippen LogP contribution in [-0.4, -0.2) is 11.1 Å². The summed E-state index contributed by atoms with van der Waals surface area (Å²) in [4.78, 5) is 11.4. The smallest absolute Gasteiger partial charge is 0.328 e. The fraction of sp³-hybridized carbons (Fsp3) is 0.0625. The van der Waals surface area contributed by atoms with Gasteiger partial charge in [-0.25, -0.2) is 9.18 Å². The first-order valence-corrected chi connectivity index (χ1v) is 7.49. The first kappa shape index (κ1) is 15.6. The van der Waals surface area contributed by atoms with Gasteiger partial charge in [0.05, 0.1) is 0 Å². The van der Waals surface area contributed by atoms with Crippen molar-refractivity contribution < 1.29 is 14.3 Å². The molecular weight excluding hydrogens is 311 g/mol. The van der Waals surface area contributed by atoms with Crippen molar-refractivity contribution in [1.29, 1.82) is 0 Å². The minimum atomic E-state index is -1.06. The molecule has 2 aromatic rings. The molecule has 0 aliphatic rings. The van der Waals surface area contributed by atoms with E-state index in [1.807, 2.05) is 18.2 Å². The SMILES string of the molecule is O=C(O)C=Cc1ccc(CSc2cccc(Cl)c2)c(F)c1. The van der Waals surface area contributed by atoms with Gasteiger partial charge in [-0.15, -0.1) is 11.8 Å². The van der Waals surface area contributed by atoms with Crippen LogP contribution in [0.5, 0.6) is 0 Å². The van der Waals surface area contributed by atoms with E-state index in [1.165, 1.54) is 23.9 Å². The molecular formula is C16H12ClFO2S. The van der Waals surface area contributed by atoms with Crippen molar-refractivity contribution in [3.05, 3.63) is 70.5 Å². The standard InChI is InChI=1S/C16H12ClFO2S/c17-13-2-1-3-14(9-13)21-10-12-6-4-11(8-15(12)18)5-7-16(19)20/h1-9H,10H2,(H,19,20). The van der Waals surface area contributed by atoms with E-state index in [9.17, 15) is 9.18 Å². The Morgan fingerprint density at radius 3 is 2.76 bits per heavy atom. The normalized spacial score (nSPS) is 11.0. The van der Waals surface area contributed by atoms with E-state index in [0.717, 1.165) is 11.0 Å². The van der Waals surface area contributed by atoms with Crippen molar-refractivity contribution >= 4 is 35.4 Å². The summed E-state index contributed by atoms with van der Waals surface area (Å²) >= 11 is 7.39. The second kappa shape index (κ2) is 7.29. The lowest BCUT2D eigenvalue weighted by molar-refractivity contribution is -0.131. The van der Waals surface area contributed by atoms with E-state index in [0.29, 0.717) is 21.9 Å². The summed E-state index contributed by atoms with van der Waals surface area (Å²) < 4.78 is 13.9. The van der Waals surface area contributed by atoms with Crippen molar-refractivity contribution in [2.75, 3.05) is 0 Å². The van der Waals surface area contributed by atoms with Gasteiger partial charge in [0.15, 0.2) is 0 Å². The van der Waals surface area contributed by atoms with Gasteiger partial charge >= 0.3 is 5.97 Å². The average molecular weight is 323 g/mol. The van der Waals surface area contributed by atoms with Crippen LogP contribution < -0.4 is 0 Å². The summed E-state index contributed by atoms with van der Waals surface area (Å²) in [5.41, 5.74) is 1.08. The van der Waals surface area contributed by atoms with Crippen molar-refractivity contribution in [3.8, 4) is 0 Å². The Morgan fingerprint density at radius 1 is 1.29 bits per heavy atom. The maximum absolute atomic E-state index is 13.9. The van der Waals surface area contributed by atoms with Gasteiger partial charge in [0.2, 0.25) is 0 Å². The van der Waals surface area contributed by atoms with Gasteiger partial charge in [-0.2, -0.15) is 0 Å². The van der Waals surface area contributed by atoms with E-state index < -0.39 is 5.97 Å². The van der Waals surface area contributed by atoms with Crippen molar-refractivity contribution in [2.45, 2.75) is 10.6 Å². The maximum atomic E-state index is 13.9. The highest BCUT2D eigenvalue weighted by molar-refractivity contribution is 7.98. The molecule has 0 heterocycles. The molecule has 0 aromatic heterocycles. The molecule has 0 atom stereocenters. The minimum Gasteiger partial charge on any atom is -0.478 e. The quantitative estimate of drug-likeness (QED) is 0.630. The molecule has 0 spiro atoms. The van der Waals surface area contributed by atoms with Crippen LogP contribution in [0.1, 0.15) is 11.1 Å². The molecule has 0 saturated heterocycles. The lowest BCUT2D eigenvalue weighted by Crippen LogP contribution is -1.90. The van der Waals surface area contributed by atoms with Crippen LogP contribution in [0.4, 0.5) is 4.39 Å². The Bertz CT molecular complexity index is 686. The molecule has 2 nitrogen and oxygen atoms in total. The van der Waals surface area contributed by atoms with Crippen LogP contribution in [0.2, 0.25) is 5.02 Å². The summed E-state index contributed by atoms with van der Waals surface area (Å²) in [5, 5.41) is 9.18. The van der Waals surface area contributed by atoms with Gasteiger partial charge < -0.3 is 5.11 Å². The molecule has 0 saturated carbocycles. The molecule has 2 rings (SSSR count). The predicted molar refractivity (Wildman–Crippen MR) is 84.1 cm³/mol. The van der Waals surface area contributed by atoms with E-state index in [-0.39, 0.29) is 5.82 Å². The van der Waals surface area contributed by atoms with E-state index in [1.54, 1.807) is 18.2 Å². The second-order valence-corrected chi connectivity index (χ2v) is 5.75. The topological polar surface area (TPSA) is 37.3 Å². The highest BCUT2D eigenvalue weighted by Crippen LogP contribution is 2.26. The predicted octanol–water partition coefficient (Wildman–Crippen LogP) is 4.87. The number of carboxylic acid groups (broad SMARTS) is 1. The first-order valence-electron chi connectivity index (χ1n) is 6.12. The number of halogens is 2. The highest BCUT2D eigenvalue weighted by atomic mass is 35.5. The number of hydrogen-bond acceptors (Lipinski definition) is 2. The van der Waals surface area contributed by atoms with Crippen LogP contribution in [0.3, 0.4) is 0 Å². The lowest BCUT2D eigenvalue weighted by Gasteiger charge is -2.05. The molecule has 1 N–H and O–H groups in total. The molecule has 0 amide bonds. The third kappa shape index (κ3) is 4.92. The van der Waals surface area contributed by atoms with Crippen LogP contribution >= 0.6 is 23.4 Å². The Labute approximate surface area is 131 Å². The third-order valence-electron chi connectivity index (χ3n) is 2.69. The van der Waals surface area contributed by atoms with Crippen LogP contribution in [-0.2, 0) is 10.5 Å². The number of hydrogen-bond donors (Lipinski definition) is 1. The first-order chi connectivity index (χ1) is 10.0. The Morgan fingerprint density at radius 2 is 2.10 bits per heavy atom. The zero-order valence-corrected chi connectivity index (χ0v) is 12.5. The van der Waals surface area contributed by atoms with Crippen LogP contribution in [0, 0.1) is 5.82 Å². The van der Waals surface area contributed by atoms with Crippen molar-refractivity contribution in [2.24, 2.45) is 0 Å². The zero-order chi connectivity index (χ0) is 15.2. The Kier molecular flexibility index (Phi) is 5.42. The van der Waals surface area contributed by atoms with Gasteiger partial charge in [0.25, 0.3) is 0 Å². The van der Waals surface area contributed by atoms with Gasteiger partial charge in [0.1, 0.15) is 5.82 Å². The summed E-state index contributed by atoms with van der Waals surface area (Å²) in [6.07, 6.45) is 2.34. The number of aliphatic carboxylic acids is 1. The number of carbonyl (C=O) groups is 1. The van der Waals surface area contributed by atoms with E-state index in [2.05, 4.69) is 0 Å². The summed E-state index contributed by atoms with van der Waals surface area (Å²) in [5.74, 6) is -0.928. The largest absolute Gasteiger partial charge is 0.478 e. The molecule has 0 aliphatic carbocycles. The van der Waals surface area contributed by atoms with Crippen molar-refractivity contribution in [3.63, 3.8) is 0 Å². The van der Waals surface area contributed by atoms with Gasteiger partial charge in [0, 0.05) is 21.7 Å². The molecule has 5 heteroatoms. The molecule has 0 fully saturated rings. The summed E-state index contributed by atoms with van der Waals surface area (Å²) in [7, 11) is 0. The molecule has 0 radical (unpaired) electrons. The Balaban J connectivity index is 2.06. The minimum absolute atomic E-state index is 0.350. The molecule has 2 aromatic carbocycles. The fourth-order valence-electron chi connectivity index (χ4n) is 1.67. The lowest BCUT2D eigenvalue weighted by atomic mass is 10.1. The van der Waals surface area contributed by atoms with E-state index in [4.69, 9.17) is 16.7 Å². The van der Waals surface area contributed by atoms with Gasteiger partial charge in [-0.1, -0.05) is 29.8 Å². The number of thioether (sulfide) groups is 1. The molecule has 0 unspecified atom stereocenters. The number of carboxylic acids is 1. The van der Waals surface area contributed by atoms with Crippen molar-refractivity contribution in [1.82, 2.24) is 0 Å². The van der Waals surface area contributed by atoms with Gasteiger partial charge in [-0.3, -0.25) is 0 Å².